The summed E-state index contributed by atoms with van der Waals surface area (Å²) in [5, 5.41) is 14.4. The average Bonchev–Trinajstić information content (AvgIpc) is 2.82. The van der Waals surface area contributed by atoms with Gasteiger partial charge in [0.25, 0.3) is 11.5 Å². The van der Waals surface area contributed by atoms with Gasteiger partial charge in [0, 0.05) is 18.0 Å². The molecule has 12 heteroatoms. The van der Waals surface area contributed by atoms with Crippen molar-refractivity contribution in [2.75, 3.05) is 17.3 Å². The van der Waals surface area contributed by atoms with E-state index in [0.29, 0.717) is 23.9 Å². The minimum atomic E-state index is -3.80. The molecule has 0 bridgehead atoms. The first-order chi connectivity index (χ1) is 17.0. The summed E-state index contributed by atoms with van der Waals surface area (Å²) in [5.74, 6) is -0.735. The maximum absolute atomic E-state index is 13.5. The first-order valence-corrected chi connectivity index (χ1v) is 12.9. The summed E-state index contributed by atoms with van der Waals surface area (Å²) in [6, 6.07) is 11.2. The van der Waals surface area contributed by atoms with Gasteiger partial charge in [-0.25, -0.2) is 4.68 Å². The second-order valence-corrected chi connectivity index (χ2v) is 10.5. The summed E-state index contributed by atoms with van der Waals surface area (Å²) in [5.41, 5.74) is 8.32. The number of aromatic hydroxyl groups is 1. The van der Waals surface area contributed by atoms with Gasteiger partial charge < -0.3 is 26.3 Å². The molecule has 1 amide bonds. The maximum atomic E-state index is 13.5. The van der Waals surface area contributed by atoms with Gasteiger partial charge in [-0.1, -0.05) is 43.7 Å². The third-order valence-corrected chi connectivity index (χ3v) is 7.00. The Morgan fingerprint density at radius 1 is 1.25 bits per heavy atom. The second-order valence-electron chi connectivity index (χ2n) is 8.80. The third kappa shape index (κ3) is 4.70. The number of amides is 1. The Kier molecular flexibility index (Phi) is 6.85. The Morgan fingerprint density at radius 2 is 1.97 bits per heavy atom. The quantitative estimate of drug-likeness (QED) is 0.265. The number of carbonyl (C=O) groups excluding carboxylic acids is 1. The molecule has 0 aliphatic carbocycles. The number of benzene rings is 2. The van der Waals surface area contributed by atoms with E-state index in [2.05, 4.69) is 15.1 Å². The molecule has 11 nitrogen and oxygen atoms in total. The number of amidine groups is 1. The minimum absolute atomic E-state index is 0.0154. The molecule has 4 rings (SSSR count). The molecule has 1 aliphatic rings. The van der Waals surface area contributed by atoms with Gasteiger partial charge in [0.05, 0.1) is 11.2 Å². The van der Waals surface area contributed by atoms with E-state index < -0.39 is 28.3 Å². The Morgan fingerprint density at radius 3 is 2.64 bits per heavy atom. The Hall–Kier alpha value is -3.74. The highest BCUT2D eigenvalue weighted by molar-refractivity contribution is 8.23. The first kappa shape index (κ1) is 25.4. The van der Waals surface area contributed by atoms with Crippen LogP contribution in [0, 0.1) is 5.92 Å². The van der Waals surface area contributed by atoms with Gasteiger partial charge in [0.2, 0.25) is 0 Å². The van der Waals surface area contributed by atoms with Crippen molar-refractivity contribution >= 4 is 39.1 Å². The number of nitrogens with zero attached hydrogens (tertiary/aromatic N) is 2. The van der Waals surface area contributed by atoms with E-state index in [4.69, 9.17) is 10.5 Å². The van der Waals surface area contributed by atoms with Crippen molar-refractivity contribution < 1.29 is 23.7 Å². The monoisotopic (exact) mass is 515 g/mol. The molecule has 192 valence electrons. The highest BCUT2D eigenvalue weighted by atomic mass is 32.3. The molecule has 0 fully saturated rings. The van der Waals surface area contributed by atoms with Gasteiger partial charge in [-0.05, 0) is 36.6 Å². The molecule has 0 spiro atoms. The highest BCUT2D eigenvalue weighted by Crippen LogP contribution is 2.56. The van der Waals surface area contributed by atoms with Crippen molar-refractivity contribution in [2.24, 2.45) is 16.0 Å². The molecule has 2 aromatic carbocycles. The molecular weight excluding hydrogens is 486 g/mol. The number of nitrogens with two attached hydrogens (primary N) is 1. The SMILES string of the molecule is CCC(Oc1ccc2c(c1)S(O)(O)N=C(c1c(O)c3ccccc3n(NCC(C)C)c1=O)N2)C(N)=O. The summed E-state index contributed by atoms with van der Waals surface area (Å²) >= 11 is 0. The number of anilines is 1. The molecular formula is C24H29N5O6S. The number of hydrogen-bond acceptors (Lipinski definition) is 9. The lowest BCUT2D eigenvalue weighted by Gasteiger charge is -2.34. The van der Waals surface area contributed by atoms with Crippen molar-refractivity contribution in [3.63, 3.8) is 0 Å². The fourth-order valence-corrected chi connectivity index (χ4v) is 5.00. The van der Waals surface area contributed by atoms with Crippen molar-refractivity contribution in [1.82, 2.24) is 4.68 Å². The number of pyridine rings is 1. The van der Waals surface area contributed by atoms with E-state index >= 15 is 0 Å². The van der Waals surface area contributed by atoms with Crippen LogP contribution in [0.25, 0.3) is 10.9 Å². The van der Waals surface area contributed by atoms with Crippen LogP contribution in [0.15, 0.2) is 56.6 Å². The lowest BCUT2D eigenvalue weighted by Crippen LogP contribution is -2.37. The van der Waals surface area contributed by atoms with Gasteiger partial charge in [-0.2, -0.15) is 0 Å². The number of aromatic nitrogens is 1. The highest BCUT2D eigenvalue weighted by Gasteiger charge is 2.31. The normalized spacial score (nSPS) is 16.0. The fraction of sp³-hybridized carbons (Fsp3) is 0.292. The van der Waals surface area contributed by atoms with Crippen LogP contribution in [0.2, 0.25) is 0 Å². The Balaban J connectivity index is 1.81. The topological polar surface area (TPSA) is 171 Å². The number of ether oxygens (including phenoxy) is 1. The molecule has 3 aromatic rings. The van der Waals surface area contributed by atoms with E-state index in [1.165, 1.54) is 22.9 Å². The van der Waals surface area contributed by atoms with Crippen molar-refractivity contribution in [3.05, 3.63) is 58.4 Å². The van der Waals surface area contributed by atoms with Gasteiger partial charge in [-0.3, -0.25) is 18.7 Å². The van der Waals surface area contributed by atoms with Crippen molar-refractivity contribution in [1.29, 1.82) is 0 Å². The van der Waals surface area contributed by atoms with Crippen LogP contribution in [-0.4, -0.2) is 43.3 Å². The van der Waals surface area contributed by atoms with Gasteiger partial charge in [0.1, 0.15) is 22.0 Å². The molecule has 0 saturated heterocycles. The molecule has 0 radical (unpaired) electrons. The third-order valence-electron chi connectivity index (χ3n) is 5.63. The Labute approximate surface area is 209 Å². The van der Waals surface area contributed by atoms with Crippen LogP contribution in [0.4, 0.5) is 5.69 Å². The zero-order valence-electron chi connectivity index (χ0n) is 20.1. The predicted octanol–water partition coefficient (Wildman–Crippen LogP) is 3.45. The molecule has 7 N–H and O–H groups in total. The minimum Gasteiger partial charge on any atom is -0.506 e. The summed E-state index contributed by atoms with van der Waals surface area (Å²) < 4.78 is 32.7. The lowest BCUT2D eigenvalue weighted by atomic mass is 10.1. The van der Waals surface area contributed by atoms with E-state index in [0.717, 1.165) is 0 Å². The second kappa shape index (κ2) is 9.72. The average molecular weight is 516 g/mol. The fourth-order valence-electron chi connectivity index (χ4n) is 3.82. The summed E-state index contributed by atoms with van der Waals surface area (Å²) in [4.78, 5) is 25.1. The van der Waals surface area contributed by atoms with Crippen LogP contribution in [-0.2, 0) is 4.79 Å². The van der Waals surface area contributed by atoms with Crippen LogP contribution in [0.3, 0.4) is 0 Å². The number of nitrogens with one attached hydrogen (secondary N) is 2. The molecule has 2 heterocycles. The number of para-hydroxylation sites is 1. The number of primary amides is 1. The van der Waals surface area contributed by atoms with Crippen LogP contribution in [0.1, 0.15) is 32.8 Å². The van der Waals surface area contributed by atoms with Gasteiger partial charge >= 0.3 is 0 Å². The summed E-state index contributed by atoms with van der Waals surface area (Å²) in [6.07, 6.45) is -0.548. The van der Waals surface area contributed by atoms with E-state index in [-0.39, 0.29) is 39.4 Å². The van der Waals surface area contributed by atoms with E-state index in [1.807, 2.05) is 13.8 Å². The number of rotatable bonds is 8. The summed E-state index contributed by atoms with van der Waals surface area (Å²) in [7, 11) is -3.80. The zero-order valence-corrected chi connectivity index (χ0v) is 20.9. The Bertz CT molecular complexity index is 1420. The molecule has 1 aliphatic heterocycles. The predicted molar refractivity (Wildman–Crippen MR) is 141 cm³/mol. The van der Waals surface area contributed by atoms with Gasteiger partial charge in [0.15, 0.2) is 11.9 Å². The zero-order chi connectivity index (χ0) is 26.2. The number of fused-ring (bicyclic) bond motifs is 2. The number of hydrogen-bond donors (Lipinski definition) is 6. The standard InChI is InChI=1S/C24H29N5O6S/c1-4-18(22(25)31)35-14-9-10-16-19(11-14)36(33,34)28-23(27-16)20-21(30)15-7-5-6-8-17(15)29(24(20)32)26-12-13(2)3/h5-11,13,18,26,30,33-34H,4,12H2,1-3H3,(H2,25,31)(H,27,28). The smallest absolute Gasteiger partial charge is 0.284 e. The first-order valence-electron chi connectivity index (χ1n) is 11.4. The van der Waals surface area contributed by atoms with Crippen molar-refractivity contribution in [2.45, 2.75) is 38.2 Å². The molecule has 36 heavy (non-hydrogen) atoms. The molecule has 1 aromatic heterocycles. The summed E-state index contributed by atoms with van der Waals surface area (Å²) in [6.45, 7) is 6.20. The van der Waals surface area contributed by atoms with Crippen LogP contribution in [0.5, 0.6) is 11.5 Å². The lowest BCUT2D eigenvalue weighted by molar-refractivity contribution is -0.124. The van der Waals surface area contributed by atoms with Gasteiger partial charge in [-0.15, -0.1) is 4.40 Å². The van der Waals surface area contributed by atoms with E-state index in [9.17, 15) is 23.8 Å². The molecule has 1 unspecified atom stereocenters. The van der Waals surface area contributed by atoms with E-state index in [1.54, 1.807) is 31.2 Å². The maximum Gasteiger partial charge on any atom is 0.284 e. The van der Waals surface area contributed by atoms with Crippen LogP contribution >= 0.6 is 10.8 Å². The number of carbonyl (C=O) groups is 1. The molecule has 0 saturated carbocycles. The largest absolute Gasteiger partial charge is 0.506 e. The molecule has 1 atom stereocenters. The van der Waals surface area contributed by atoms with Crippen molar-refractivity contribution in [3.8, 4) is 11.5 Å². The van der Waals surface area contributed by atoms with Crippen LogP contribution < -0.4 is 26.8 Å².